The van der Waals surface area contributed by atoms with Crippen molar-refractivity contribution in [3.63, 3.8) is 0 Å². The first-order chi connectivity index (χ1) is 8.61. The van der Waals surface area contributed by atoms with Gasteiger partial charge in [-0.15, -0.1) is 0 Å². The Hall–Kier alpha value is -2.42. The largest absolute Gasteiger partial charge is 0.371 e. The Labute approximate surface area is 102 Å². The molecule has 4 nitrogen and oxygen atoms in total. The van der Waals surface area contributed by atoms with Crippen LogP contribution >= 0.6 is 0 Å². The molecule has 2 N–H and O–H groups in total. The minimum absolute atomic E-state index is 0.0544. The lowest BCUT2D eigenvalue weighted by Crippen LogP contribution is -2.11. The first-order valence-corrected chi connectivity index (χ1v) is 5.26. The predicted molar refractivity (Wildman–Crippen MR) is 61.7 cm³/mol. The minimum atomic E-state index is -0.801. The number of rotatable bonds is 3. The Morgan fingerprint density at radius 2 is 2.06 bits per heavy atom. The zero-order valence-corrected chi connectivity index (χ0v) is 9.54. The number of aromatic amines is 1. The fourth-order valence-corrected chi connectivity index (χ4v) is 1.57. The van der Waals surface area contributed by atoms with Crippen LogP contribution in [-0.2, 0) is 0 Å². The highest BCUT2D eigenvalue weighted by Gasteiger charge is 2.15. The molecule has 0 saturated heterocycles. The van der Waals surface area contributed by atoms with Crippen LogP contribution in [0.4, 0.5) is 14.5 Å². The van der Waals surface area contributed by atoms with Crippen molar-refractivity contribution in [3.8, 4) is 6.07 Å². The molecule has 0 saturated carbocycles. The molecule has 2 rings (SSSR count). The molecule has 1 atom stereocenters. The summed E-state index contributed by atoms with van der Waals surface area (Å²) >= 11 is 0. The molecule has 0 bridgehead atoms. The van der Waals surface area contributed by atoms with Gasteiger partial charge in [0.2, 0.25) is 0 Å². The van der Waals surface area contributed by atoms with Crippen LogP contribution in [0.15, 0.2) is 24.5 Å². The third-order valence-electron chi connectivity index (χ3n) is 2.46. The van der Waals surface area contributed by atoms with Crippen molar-refractivity contribution in [2.24, 2.45) is 0 Å². The molecule has 0 spiro atoms. The first-order valence-electron chi connectivity index (χ1n) is 5.26. The van der Waals surface area contributed by atoms with E-state index in [0.717, 1.165) is 12.1 Å². The van der Waals surface area contributed by atoms with Crippen molar-refractivity contribution in [3.05, 3.63) is 47.5 Å². The monoisotopic (exact) mass is 248 g/mol. The van der Waals surface area contributed by atoms with Gasteiger partial charge in [-0.2, -0.15) is 5.26 Å². The van der Waals surface area contributed by atoms with Gasteiger partial charge in [0.25, 0.3) is 0 Å². The number of hydrogen-bond acceptors (Lipinski definition) is 3. The van der Waals surface area contributed by atoms with Crippen LogP contribution in [0.2, 0.25) is 0 Å². The van der Waals surface area contributed by atoms with E-state index in [1.807, 2.05) is 0 Å². The molecule has 1 aromatic heterocycles. The summed E-state index contributed by atoms with van der Waals surface area (Å²) in [5, 5.41) is 11.3. The fourth-order valence-electron chi connectivity index (χ4n) is 1.57. The van der Waals surface area contributed by atoms with Crippen LogP contribution in [0, 0.1) is 23.0 Å². The molecule has 2 aromatic rings. The standard InChI is InChI=1S/C12H10F2N4/c1-7(12-16-2-3-17-12)18-11-9(13)4-8(6-15)5-10(11)14/h2-5,7,18H,1H3,(H,16,17). The molecule has 0 aliphatic rings. The van der Waals surface area contributed by atoms with Crippen LogP contribution in [0.1, 0.15) is 24.4 Å². The van der Waals surface area contributed by atoms with Gasteiger partial charge in [0.1, 0.15) is 11.5 Å². The van der Waals surface area contributed by atoms with E-state index in [4.69, 9.17) is 5.26 Å². The van der Waals surface area contributed by atoms with Crippen LogP contribution in [-0.4, -0.2) is 9.97 Å². The van der Waals surface area contributed by atoms with Crippen molar-refractivity contribution < 1.29 is 8.78 Å². The van der Waals surface area contributed by atoms with Gasteiger partial charge in [-0.1, -0.05) is 0 Å². The van der Waals surface area contributed by atoms with E-state index >= 15 is 0 Å². The molecule has 1 unspecified atom stereocenters. The number of nitrogens with zero attached hydrogens (tertiary/aromatic N) is 2. The van der Waals surface area contributed by atoms with Gasteiger partial charge in [0.05, 0.1) is 17.7 Å². The van der Waals surface area contributed by atoms with E-state index in [9.17, 15) is 8.78 Å². The summed E-state index contributed by atoms with van der Waals surface area (Å²) in [7, 11) is 0. The van der Waals surface area contributed by atoms with Crippen LogP contribution in [0.25, 0.3) is 0 Å². The zero-order valence-electron chi connectivity index (χ0n) is 9.54. The lowest BCUT2D eigenvalue weighted by Gasteiger charge is -2.14. The van der Waals surface area contributed by atoms with Gasteiger partial charge in [0, 0.05) is 12.4 Å². The molecule has 0 aliphatic carbocycles. The Morgan fingerprint density at radius 1 is 1.39 bits per heavy atom. The highest BCUT2D eigenvalue weighted by atomic mass is 19.1. The number of benzene rings is 1. The van der Waals surface area contributed by atoms with Gasteiger partial charge < -0.3 is 10.3 Å². The Balaban J connectivity index is 2.27. The maximum absolute atomic E-state index is 13.6. The third-order valence-corrected chi connectivity index (χ3v) is 2.46. The van der Waals surface area contributed by atoms with E-state index in [0.29, 0.717) is 5.82 Å². The smallest absolute Gasteiger partial charge is 0.150 e. The molecule has 6 heteroatoms. The maximum atomic E-state index is 13.6. The Morgan fingerprint density at radius 3 is 2.56 bits per heavy atom. The summed E-state index contributed by atoms with van der Waals surface area (Å²) in [5.41, 5.74) is -0.320. The third kappa shape index (κ3) is 2.30. The number of halogens is 2. The molecular formula is C12H10F2N4. The van der Waals surface area contributed by atoms with Gasteiger partial charge >= 0.3 is 0 Å². The minimum Gasteiger partial charge on any atom is -0.371 e. The summed E-state index contributed by atoms with van der Waals surface area (Å²) in [5.74, 6) is -1.03. The summed E-state index contributed by atoms with van der Waals surface area (Å²) in [6.45, 7) is 1.72. The molecule has 92 valence electrons. The predicted octanol–water partition coefficient (Wildman–Crippen LogP) is 2.73. The average Bonchev–Trinajstić information content (AvgIpc) is 2.87. The quantitative estimate of drug-likeness (QED) is 0.877. The number of nitriles is 1. The van der Waals surface area contributed by atoms with Crippen molar-refractivity contribution in [1.82, 2.24) is 9.97 Å². The molecule has 0 radical (unpaired) electrons. The fraction of sp³-hybridized carbons (Fsp3) is 0.167. The van der Waals surface area contributed by atoms with E-state index < -0.39 is 11.6 Å². The van der Waals surface area contributed by atoms with Crippen LogP contribution in [0.5, 0.6) is 0 Å². The Bertz CT molecular complexity index is 564. The number of anilines is 1. The van der Waals surface area contributed by atoms with Crippen molar-refractivity contribution >= 4 is 5.69 Å². The maximum Gasteiger partial charge on any atom is 0.150 e. The molecular weight excluding hydrogens is 238 g/mol. The summed E-state index contributed by atoms with van der Waals surface area (Å²) < 4.78 is 27.2. The number of nitrogens with one attached hydrogen (secondary N) is 2. The molecule has 0 amide bonds. The first kappa shape index (κ1) is 12.0. The summed E-state index contributed by atoms with van der Waals surface area (Å²) in [4.78, 5) is 6.84. The molecule has 1 aromatic carbocycles. The number of hydrogen-bond donors (Lipinski definition) is 2. The van der Waals surface area contributed by atoms with E-state index in [1.54, 1.807) is 25.4 Å². The normalized spacial score (nSPS) is 11.9. The number of aromatic nitrogens is 2. The van der Waals surface area contributed by atoms with Gasteiger partial charge in [-0.25, -0.2) is 13.8 Å². The van der Waals surface area contributed by atoms with E-state index in [1.165, 1.54) is 0 Å². The van der Waals surface area contributed by atoms with Gasteiger partial charge in [-0.05, 0) is 19.1 Å². The second-order valence-electron chi connectivity index (χ2n) is 3.77. The summed E-state index contributed by atoms with van der Waals surface area (Å²) in [6, 6.07) is 3.29. The van der Waals surface area contributed by atoms with E-state index in [2.05, 4.69) is 15.3 Å². The zero-order chi connectivity index (χ0) is 13.1. The number of H-pyrrole nitrogens is 1. The lowest BCUT2D eigenvalue weighted by atomic mass is 10.2. The number of imidazole rings is 1. The van der Waals surface area contributed by atoms with Gasteiger partial charge in [-0.3, -0.25) is 0 Å². The average molecular weight is 248 g/mol. The highest BCUT2D eigenvalue weighted by Crippen LogP contribution is 2.24. The Kier molecular flexibility index (Phi) is 3.24. The second kappa shape index (κ2) is 4.84. The lowest BCUT2D eigenvalue weighted by molar-refractivity contribution is 0.582. The SMILES string of the molecule is CC(Nc1c(F)cc(C#N)cc1F)c1ncc[nH]1. The molecule has 18 heavy (non-hydrogen) atoms. The highest BCUT2D eigenvalue weighted by molar-refractivity contribution is 5.51. The van der Waals surface area contributed by atoms with Crippen molar-refractivity contribution in [2.45, 2.75) is 13.0 Å². The van der Waals surface area contributed by atoms with Crippen molar-refractivity contribution in [2.75, 3.05) is 5.32 Å². The van der Waals surface area contributed by atoms with E-state index in [-0.39, 0.29) is 17.3 Å². The summed E-state index contributed by atoms with van der Waals surface area (Å²) in [6.07, 6.45) is 3.18. The van der Waals surface area contributed by atoms with Crippen LogP contribution < -0.4 is 5.32 Å². The molecule has 0 aliphatic heterocycles. The molecule has 0 fully saturated rings. The van der Waals surface area contributed by atoms with Crippen LogP contribution in [0.3, 0.4) is 0 Å². The topological polar surface area (TPSA) is 64.5 Å². The van der Waals surface area contributed by atoms with Crippen molar-refractivity contribution in [1.29, 1.82) is 5.26 Å². The van der Waals surface area contributed by atoms with Gasteiger partial charge in [0.15, 0.2) is 11.6 Å². The second-order valence-corrected chi connectivity index (χ2v) is 3.77. The molecule has 1 heterocycles.